The summed E-state index contributed by atoms with van der Waals surface area (Å²) in [4.78, 5) is 29.5. The topological polar surface area (TPSA) is 102 Å². The zero-order valence-corrected chi connectivity index (χ0v) is 18.6. The number of carboxylic acid groups (broad SMARTS) is 1. The fourth-order valence-electron chi connectivity index (χ4n) is 3.56. The summed E-state index contributed by atoms with van der Waals surface area (Å²) in [7, 11) is 2.84. The molecule has 2 N–H and O–H groups in total. The number of imidazole rings is 1. The minimum absolute atomic E-state index is 0.0451. The van der Waals surface area contributed by atoms with Gasteiger partial charge in [0.25, 0.3) is 0 Å². The number of carbonyl (C=O) groups excluding carboxylic acids is 1. The highest BCUT2D eigenvalue weighted by molar-refractivity contribution is 6.30. The van der Waals surface area contributed by atoms with Crippen molar-refractivity contribution in [2.45, 2.75) is 6.42 Å². The summed E-state index contributed by atoms with van der Waals surface area (Å²) in [6, 6.07) is 15.5. The summed E-state index contributed by atoms with van der Waals surface area (Å²) in [5.74, 6) is -1.07. The van der Waals surface area contributed by atoms with Crippen molar-refractivity contribution in [1.29, 1.82) is 0 Å². The molecule has 0 radical (unpaired) electrons. The molecular formula is C24H20ClN3O5. The quantitative estimate of drug-likeness (QED) is 0.415. The molecule has 0 bridgehead atoms. The van der Waals surface area contributed by atoms with Crippen molar-refractivity contribution in [3.8, 4) is 22.8 Å². The second-order valence-corrected chi connectivity index (χ2v) is 7.56. The van der Waals surface area contributed by atoms with Gasteiger partial charge in [0.2, 0.25) is 5.91 Å². The van der Waals surface area contributed by atoms with Crippen LogP contribution in [0.4, 0.5) is 5.69 Å². The summed E-state index contributed by atoms with van der Waals surface area (Å²) < 4.78 is 12.3. The number of halogens is 1. The maximum absolute atomic E-state index is 13.1. The summed E-state index contributed by atoms with van der Waals surface area (Å²) in [6.45, 7) is 0. The smallest absolute Gasteiger partial charge is 0.337 e. The molecule has 0 spiro atoms. The standard InChI is InChI=1S/C24H20ClN3O5/c1-32-19-11-16(24(30)31)17(12-20(19)33-2)26-22(29)13-18-23(14-6-8-15(25)9-7-14)27-21-5-3-4-10-28(18)21/h3-12H,13H2,1-2H3,(H,26,29)(H,30,31). The molecule has 0 saturated heterocycles. The highest BCUT2D eigenvalue weighted by Gasteiger charge is 2.21. The van der Waals surface area contributed by atoms with E-state index in [0.29, 0.717) is 27.8 Å². The van der Waals surface area contributed by atoms with Gasteiger partial charge < -0.3 is 24.3 Å². The van der Waals surface area contributed by atoms with Gasteiger partial charge in [-0.05, 0) is 24.3 Å². The van der Waals surface area contributed by atoms with Crippen molar-refractivity contribution in [1.82, 2.24) is 9.38 Å². The van der Waals surface area contributed by atoms with Crippen LogP contribution in [-0.4, -0.2) is 40.6 Å². The number of rotatable bonds is 7. The molecule has 0 fully saturated rings. The van der Waals surface area contributed by atoms with Crippen LogP contribution in [0.1, 0.15) is 16.1 Å². The lowest BCUT2D eigenvalue weighted by Gasteiger charge is -2.14. The fraction of sp³-hybridized carbons (Fsp3) is 0.125. The van der Waals surface area contributed by atoms with E-state index in [1.165, 1.54) is 26.4 Å². The summed E-state index contributed by atoms with van der Waals surface area (Å²) in [6.07, 6.45) is 1.78. The average molecular weight is 466 g/mol. The van der Waals surface area contributed by atoms with E-state index in [-0.39, 0.29) is 23.4 Å². The first kappa shape index (κ1) is 22.2. The lowest BCUT2D eigenvalue weighted by atomic mass is 10.1. The zero-order chi connectivity index (χ0) is 23.5. The molecule has 0 atom stereocenters. The number of fused-ring (bicyclic) bond motifs is 1. The van der Waals surface area contributed by atoms with E-state index >= 15 is 0 Å². The summed E-state index contributed by atoms with van der Waals surface area (Å²) in [5.41, 5.74) is 2.77. The Bertz CT molecular complexity index is 1350. The van der Waals surface area contributed by atoms with Gasteiger partial charge in [-0.2, -0.15) is 0 Å². The van der Waals surface area contributed by atoms with Crippen LogP contribution in [0, 0.1) is 0 Å². The lowest BCUT2D eigenvalue weighted by molar-refractivity contribution is -0.115. The Morgan fingerprint density at radius 1 is 1.06 bits per heavy atom. The number of ether oxygens (including phenoxy) is 2. The van der Waals surface area contributed by atoms with E-state index < -0.39 is 11.9 Å². The molecule has 4 aromatic rings. The minimum atomic E-state index is -1.21. The van der Waals surface area contributed by atoms with Crippen LogP contribution in [0.15, 0.2) is 60.8 Å². The van der Waals surface area contributed by atoms with Gasteiger partial charge in [0.15, 0.2) is 11.5 Å². The number of hydrogen-bond donors (Lipinski definition) is 2. The molecule has 2 heterocycles. The van der Waals surface area contributed by atoms with Crippen molar-refractivity contribution >= 4 is 34.8 Å². The lowest BCUT2D eigenvalue weighted by Crippen LogP contribution is -2.18. The molecule has 0 aliphatic carbocycles. The number of aromatic carboxylic acids is 1. The van der Waals surface area contributed by atoms with Gasteiger partial charge in [0.05, 0.1) is 43.3 Å². The molecule has 4 rings (SSSR count). The Labute approximate surface area is 194 Å². The SMILES string of the molecule is COc1cc(NC(=O)Cc2c(-c3ccc(Cl)cc3)nc3ccccn23)c(C(=O)O)cc1OC. The molecule has 0 aliphatic rings. The third-order valence-electron chi connectivity index (χ3n) is 5.10. The van der Waals surface area contributed by atoms with Crippen molar-refractivity contribution in [3.05, 3.63) is 77.1 Å². The Morgan fingerprint density at radius 2 is 1.76 bits per heavy atom. The first-order valence-corrected chi connectivity index (χ1v) is 10.3. The molecule has 0 unspecified atom stereocenters. The predicted octanol–water partition coefficient (Wildman–Crippen LogP) is 4.55. The highest BCUT2D eigenvalue weighted by atomic mass is 35.5. The number of nitrogens with one attached hydrogen (secondary N) is 1. The summed E-state index contributed by atoms with van der Waals surface area (Å²) in [5, 5.41) is 12.9. The van der Waals surface area contributed by atoms with Crippen LogP contribution in [0.3, 0.4) is 0 Å². The number of benzene rings is 2. The molecule has 9 heteroatoms. The monoisotopic (exact) mass is 465 g/mol. The van der Waals surface area contributed by atoms with Gasteiger partial charge in [0.1, 0.15) is 5.65 Å². The van der Waals surface area contributed by atoms with Gasteiger partial charge >= 0.3 is 5.97 Å². The largest absolute Gasteiger partial charge is 0.493 e. The number of anilines is 1. The maximum Gasteiger partial charge on any atom is 0.337 e. The predicted molar refractivity (Wildman–Crippen MR) is 124 cm³/mol. The number of methoxy groups -OCH3 is 2. The number of aromatic nitrogens is 2. The van der Waals surface area contributed by atoms with Gasteiger partial charge in [-0.1, -0.05) is 29.8 Å². The van der Waals surface area contributed by atoms with E-state index in [2.05, 4.69) is 10.3 Å². The summed E-state index contributed by atoms with van der Waals surface area (Å²) >= 11 is 6.02. The van der Waals surface area contributed by atoms with Crippen LogP contribution >= 0.6 is 11.6 Å². The Kier molecular flexibility index (Phi) is 6.19. The van der Waals surface area contributed by atoms with E-state index in [0.717, 1.165) is 5.56 Å². The highest BCUT2D eigenvalue weighted by Crippen LogP contribution is 2.34. The number of hydrogen-bond acceptors (Lipinski definition) is 5. The molecular weight excluding hydrogens is 446 g/mol. The third kappa shape index (κ3) is 4.47. The molecule has 0 saturated carbocycles. The van der Waals surface area contributed by atoms with E-state index in [9.17, 15) is 14.7 Å². The van der Waals surface area contributed by atoms with Gasteiger partial charge in [-0.15, -0.1) is 0 Å². The van der Waals surface area contributed by atoms with Crippen molar-refractivity contribution < 1.29 is 24.2 Å². The van der Waals surface area contributed by atoms with Crippen LogP contribution in [-0.2, 0) is 11.2 Å². The van der Waals surface area contributed by atoms with E-state index in [4.69, 9.17) is 21.1 Å². The third-order valence-corrected chi connectivity index (χ3v) is 5.35. The molecule has 1 amide bonds. The number of amides is 1. The van der Waals surface area contributed by atoms with E-state index in [1.54, 1.807) is 12.1 Å². The minimum Gasteiger partial charge on any atom is -0.493 e. The Balaban J connectivity index is 1.71. The van der Waals surface area contributed by atoms with Gasteiger partial charge in [-0.3, -0.25) is 4.79 Å². The second-order valence-electron chi connectivity index (χ2n) is 7.13. The van der Waals surface area contributed by atoms with Crippen LogP contribution < -0.4 is 14.8 Å². The molecule has 168 valence electrons. The first-order chi connectivity index (χ1) is 15.9. The van der Waals surface area contributed by atoms with Gasteiger partial charge in [-0.25, -0.2) is 9.78 Å². The van der Waals surface area contributed by atoms with E-state index in [1.807, 2.05) is 40.9 Å². The second kappa shape index (κ2) is 9.22. The van der Waals surface area contributed by atoms with Crippen LogP contribution in [0.5, 0.6) is 11.5 Å². The fourth-order valence-corrected chi connectivity index (χ4v) is 3.69. The number of carboxylic acids is 1. The van der Waals surface area contributed by atoms with Crippen molar-refractivity contribution in [2.24, 2.45) is 0 Å². The van der Waals surface area contributed by atoms with Gasteiger partial charge in [0, 0.05) is 28.9 Å². The normalized spacial score (nSPS) is 10.8. The molecule has 33 heavy (non-hydrogen) atoms. The Morgan fingerprint density at radius 3 is 2.42 bits per heavy atom. The molecule has 2 aromatic carbocycles. The number of carbonyl (C=O) groups is 2. The zero-order valence-electron chi connectivity index (χ0n) is 17.8. The van der Waals surface area contributed by atoms with Crippen LogP contribution in [0.2, 0.25) is 5.02 Å². The molecule has 8 nitrogen and oxygen atoms in total. The van der Waals surface area contributed by atoms with Crippen molar-refractivity contribution in [3.63, 3.8) is 0 Å². The Hall–Kier alpha value is -4.04. The number of nitrogens with zero attached hydrogens (tertiary/aromatic N) is 2. The first-order valence-electron chi connectivity index (χ1n) is 9.92. The molecule has 0 aliphatic heterocycles. The van der Waals surface area contributed by atoms with Crippen LogP contribution in [0.25, 0.3) is 16.9 Å². The van der Waals surface area contributed by atoms with Crippen molar-refractivity contribution in [2.75, 3.05) is 19.5 Å². The molecule has 2 aromatic heterocycles. The maximum atomic E-state index is 13.1. The number of pyridine rings is 1. The average Bonchev–Trinajstić information content (AvgIpc) is 3.17.